The van der Waals surface area contributed by atoms with E-state index in [9.17, 15) is 13.2 Å². The summed E-state index contributed by atoms with van der Waals surface area (Å²) in [5.41, 5.74) is 1.74. The highest BCUT2D eigenvalue weighted by atomic mass is 32.2. The summed E-state index contributed by atoms with van der Waals surface area (Å²) in [7, 11) is -0.961. The molecule has 0 unspecified atom stereocenters. The molecule has 1 N–H and O–H groups in total. The molecule has 0 spiro atoms. The zero-order valence-corrected chi connectivity index (χ0v) is 13.3. The topological polar surface area (TPSA) is 66.5 Å². The number of carbonyl (C=O) groups is 1. The highest BCUT2D eigenvalue weighted by molar-refractivity contribution is 7.91. The number of amides is 1. The van der Waals surface area contributed by atoms with Crippen molar-refractivity contribution in [2.75, 3.05) is 35.3 Å². The molecule has 1 aromatic rings. The van der Waals surface area contributed by atoms with Crippen molar-refractivity contribution in [2.45, 2.75) is 19.8 Å². The van der Waals surface area contributed by atoms with E-state index in [0.29, 0.717) is 6.42 Å². The van der Waals surface area contributed by atoms with E-state index in [1.165, 1.54) is 0 Å². The molecule has 0 saturated carbocycles. The Morgan fingerprint density at radius 2 is 2.10 bits per heavy atom. The Kier molecular flexibility index (Phi) is 4.88. The van der Waals surface area contributed by atoms with Crippen molar-refractivity contribution < 1.29 is 13.2 Å². The van der Waals surface area contributed by atoms with Crippen LogP contribution in [0.3, 0.4) is 0 Å². The number of sulfone groups is 1. The first-order chi connectivity index (χ1) is 9.91. The number of benzene rings is 1. The minimum atomic E-state index is -2.93. The van der Waals surface area contributed by atoms with Gasteiger partial charge in [0.2, 0.25) is 5.91 Å². The average Bonchev–Trinajstić information content (AvgIpc) is 2.77. The van der Waals surface area contributed by atoms with Crippen molar-refractivity contribution in [1.82, 2.24) is 0 Å². The third-order valence-electron chi connectivity index (χ3n) is 3.86. The lowest BCUT2D eigenvalue weighted by atomic mass is 10.0. The van der Waals surface area contributed by atoms with Crippen molar-refractivity contribution in [3.63, 3.8) is 0 Å². The second kappa shape index (κ2) is 6.47. The summed E-state index contributed by atoms with van der Waals surface area (Å²) in [6.45, 7) is 2.88. The molecule has 1 fully saturated rings. The summed E-state index contributed by atoms with van der Waals surface area (Å²) in [6.07, 6.45) is 0.857. The van der Waals surface area contributed by atoms with Crippen LogP contribution in [0.4, 0.5) is 11.4 Å². The summed E-state index contributed by atoms with van der Waals surface area (Å²) in [5, 5.41) is 2.90. The van der Waals surface area contributed by atoms with Gasteiger partial charge in [-0.05, 0) is 31.4 Å². The summed E-state index contributed by atoms with van der Waals surface area (Å²) < 4.78 is 22.8. The Bertz CT molecular complexity index is 613. The Labute approximate surface area is 126 Å². The Balaban J connectivity index is 2.00. The highest BCUT2D eigenvalue weighted by Crippen LogP contribution is 2.26. The van der Waals surface area contributed by atoms with Gasteiger partial charge in [0.25, 0.3) is 0 Å². The molecule has 21 heavy (non-hydrogen) atoms. The zero-order chi connectivity index (χ0) is 15.5. The molecule has 1 saturated heterocycles. The van der Waals surface area contributed by atoms with E-state index >= 15 is 0 Å². The first-order valence-electron chi connectivity index (χ1n) is 7.21. The van der Waals surface area contributed by atoms with Crippen LogP contribution in [0.2, 0.25) is 0 Å². The third kappa shape index (κ3) is 4.20. The molecule has 116 valence electrons. The quantitative estimate of drug-likeness (QED) is 0.902. The SMILES string of the molecule is CCN(C)c1ccccc1NC(=O)C[C@H]1CCS(=O)(=O)C1. The average molecular weight is 310 g/mol. The second-order valence-electron chi connectivity index (χ2n) is 5.55. The number of hydrogen-bond acceptors (Lipinski definition) is 4. The first-order valence-corrected chi connectivity index (χ1v) is 9.04. The second-order valence-corrected chi connectivity index (χ2v) is 7.78. The van der Waals surface area contributed by atoms with Gasteiger partial charge in [-0.15, -0.1) is 0 Å². The molecule has 2 rings (SSSR count). The molecule has 0 aromatic heterocycles. The van der Waals surface area contributed by atoms with Crippen LogP contribution in [0, 0.1) is 5.92 Å². The van der Waals surface area contributed by atoms with Gasteiger partial charge in [-0.2, -0.15) is 0 Å². The van der Waals surface area contributed by atoms with E-state index in [1.807, 2.05) is 38.2 Å². The van der Waals surface area contributed by atoms with E-state index in [0.717, 1.165) is 17.9 Å². The summed E-state index contributed by atoms with van der Waals surface area (Å²) >= 11 is 0. The van der Waals surface area contributed by atoms with Crippen molar-refractivity contribution >= 4 is 27.1 Å². The van der Waals surface area contributed by atoms with Crippen LogP contribution in [0.1, 0.15) is 19.8 Å². The number of nitrogens with zero attached hydrogens (tertiary/aromatic N) is 1. The van der Waals surface area contributed by atoms with E-state index < -0.39 is 9.84 Å². The maximum absolute atomic E-state index is 12.1. The predicted molar refractivity (Wildman–Crippen MR) is 85.4 cm³/mol. The van der Waals surface area contributed by atoms with Gasteiger partial charge in [-0.1, -0.05) is 12.1 Å². The van der Waals surface area contributed by atoms with Gasteiger partial charge in [-0.25, -0.2) is 8.42 Å². The van der Waals surface area contributed by atoms with Gasteiger partial charge in [0.1, 0.15) is 0 Å². The highest BCUT2D eigenvalue weighted by Gasteiger charge is 2.29. The number of rotatable bonds is 5. The molecule has 0 aliphatic carbocycles. The predicted octanol–water partition coefficient (Wildman–Crippen LogP) is 1.91. The van der Waals surface area contributed by atoms with Gasteiger partial charge in [0.15, 0.2) is 9.84 Å². The number of anilines is 2. The van der Waals surface area contributed by atoms with Gasteiger partial charge in [0.05, 0.1) is 22.9 Å². The van der Waals surface area contributed by atoms with E-state index in [1.54, 1.807) is 0 Å². The molecule has 1 aliphatic heterocycles. The van der Waals surface area contributed by atoms with E-state index in [2.05, 4.69) is 10.2 Å². The summed E-state index contributed by atoms with van der Waals surface area (Å²) in [6, 6.07) is 7.63. The smallest absolute Gasteiger partial charge is 0.224 e. The summed E-state index contributed by atoms with van der Waals surface area (Å²) in [5.74, 6) is 0.178. The van der Waals surface area contributed by atoms with Crippen LogP contribution in [0.5, 0.6) is 0 Å². The normalized spacial score (nSPS) is 20.2. The molecular weight excluding hydrogens is 288 g/mol. The number of hydrogen-bond donors (Lipinski definition) is 1. The maximum atomic E-state index is 12.1. The molecule has 1 amide bonds. The zero-order valence-electron chi connectivity index (χ0n) is 12.5. The monoisotopic (exact) mass is 310 g/mol. The largest absolute Gasteiger partial charge is 0.373 e. The minimum Gasteiger partial charge on any atom is -0.373 e. The van der Waals surface area contributed by atoms with Gasteiger partial charge < -0.3 is 10.2 Å². The fraction of sp³-hybridized carbons (Fsp3) is 0.533. The third-order valence-corrected chi connectivity index (χ3v) is 5.70. The van der Waals surface area contributed by atoms with Gasteiger partial charge >= 0.3 is 0 Å². The van der Waals surface area contributed by atoms with Crippen molar-refractivity contribution in [3.8, 4) is 0 Å². The van der Waals surface area contributed by atoms with Crippen LogP contribution in [0.25, 0.3) is 0 Å². The summed E-state index contributed by atoms with van der Waals surface area (Å²) in [4.78, 5) is 14.2. The van der Waals surface area contributed by atoms with Crippen molar-refractivity contribution in [1.29, 1.82) is 0 Å². The molecule has 0 bridgehead atoms. The van der Waals surface area contributed by atoms with E-state index in [-0.39, 0.29) is 29.8 Å². The lowest BCUT2D eigenvalue weighted by molar-refractivity contribution is -0.116. The lowest BCUT2D eigenvalue weighted by Crippen LogP contribution is -2.21. The molecule has 1 aromatic carbocycles. The molecule has 1 atom stereocenters. The number of nitrogens with one attached hydrogen (secondary N) is 1. The van der Waals surface area contributed by atoms with Gasteiger partial charge in [-0.3, -0.25) is 4.79 Å². The number of para-hydroxylation sites is 2. The molecule has 1 aliphatic rings. The minimum absolute atomic E-state index is 0.0499. The fourth-order valence-corrected chi connectivity index (χ4v) is 4.44. The first kappa shape index (κ1) is 15.8. The number of carbonyl (C=O) groups excluding carboxylic acids is 1. The molecule has 5 nitrogen and oxygen atoms in total. The van der Waals surface area contributed by atoms with Crippen LogP contribution in [-0.2, 0) is 14.6 Å². The van der Waals surface area contributed by atoms with Crippen LogP contribution >= 0.6 is 0 Å². The van der Waals surface area contributed by atoms with Crippen LogP contribution in [-0.4, -0.2) is 39.4 Å². The molecular formula is C15H22N2O3S. The van der Waals surface area contributed by atoms with E-state index in [4.69, 9.17) is 0 Å². The Morgan fingerprint density at radius 1 is 1.38 bits per heavy atom. The fourth-order valence-electron chi connectivity index (χ4n) is 2.58. The Hall–Kier alpha value is -1.56. The molecule has 6 heteroatoms. The maximum Gasteiger partial charge on any atom is 0.224 e. The molecule has 0 radical (unpaired) electrons. The van der Waals surface area contributed by atoms with Crippen LogP contribution < -0.4 is 10.2 Å². The van der Waals surface area contributed by atoms with Crippen molar-refractivity contribution in [2.24, 2.45) is 5.92 Å². The van der Waals surface area contributed by atoms with Crippen molar-refractivity contribution in [3.05, 3.63) is 24.3 Å². The van der Waals surface area contributed by atoms with Gasteiger partial charge in [0, 0.05) is 20.0 Å². The molecule has 1 heterocycles. The van der Waals surface area contributed by atoms with Crippen LogP contribution in [0.15, 0.2) is 24.3 Å². The lowest BCUT2D eigenvalue weighted by Gasteiger charge is -2.21. The Morgan fingerprint density at radius 3 is 2.71 bits per heavy atom. The standard InChI is InChI=1S/C15H22N2O3S/c1-3-17(2)14-7-5-4-6-13(14)16-15(18)10-12-8-9-21(19,20)11-12/h4-7,12H,3,8-11H2,1-2H3,(H,16,18)/t12-/m1/s1.